The summed E-state index contributed by atoms with van der Waals surface area (Å²) in [5.41, 5.74) is -0.511. The molecule has 0 aromatic carbocycles. The second kappa shape index (κ2) is 14.5. The molecule has 2 aliphatic heterocycles. The molecule has 40 heavy (non-hydrogen) atoms. The molecule has 2 amide bonds. The van der Waals surface area contributed by atoms with Gasteiger partial charge in [0.2, 0.25) is 5.91 Å². The minimum atomic E-state index is -0.704. The SMILES string of the molecule is C.COCCCNc1nc(C(C)(C)C)ncc1C(=O)N(CC(C)C)[C@@H]1CNC[C@H](C(=O)N2CCC(C)(O)CC2)C1. The number of hydrogen-bond donors (Lipinski definition) is 3. The van der Waals surface area contributed by atoms with E-state index in [-0.39, 0.29) is 42.5 Å². The summed E-state index contributed by atoms with van der Waals surface area (Å²) in [7, 11) is 1.67. The van der Waals surface area contributed by atoms with Gasteiger partial charge in [0.05, 0.1) is 11.5 Å². The number of likely N-dealkylation sites (tertiary alicyclic amines) is 1. The molecule has 0 bridgehead atoms. The van der Waals surface area contributed by atoms with Crippen molar-refractivity contribution in [3.8, 4) is 0 Å². The summed E-state index contributed by atoms with van der Waals surface area (Å²) in [6.45, 7) is 16.4. The lowest BCUT2D eigenvalue weighted by Gasteiger charge is -2.41. The van der Waals surface area contributed by atoms with Crippen LogP contribution in [0.15, 0.2) is 6.20 Å². The maximum Gasteiger partial charge on any atom is 0.259 e. The molecule has 2 atom stereocenters. The van der Waals surface area contributed by atoms with E-state index in [1.54, 1.807) is 13.3 Å². The van der Waals surface area contributed by atoms with Crippen LogP contribution in [0.25, 0.3) is 0 Å². The van der Waals surface area contributed by atoms with Crippen LogP contribution >= 0.6 is 0 Å². The number of carbonyl (C=O) groups excluding carboxylic acids is 2. The summed E-state index contributed by atoms with van der Waals surface area (Å²) in [5, 5.41) is 17.1. The lowest BCUT2D eigenvalue weighted by molar-refractivity contribution is -0.140. The van der Waals surface area contributed by atoms with Crippen molar-refractivity contribution < 1.29 is 19.4 Å². The zero-order valence-corrected chi connectivity index (χ0v) is 25.0. The molecule has 228 valence electrons. The highest BCUT2D eigenvalue weighted by molar-refractivity contribution is 5.98. The molecule has 0 spiro atoms. The van der Waals surface area contributed by atoms with Gasteiger partial charge in [-0.1, -0.05) is 42.0 Å². The predicted octanol–water partition coefficient (Wildman–Crippen LogP) is 3.31. The molecule has 10 heteroatoms. The van der Waals surface area contributed by atoms with Crippen LogP contribution in [0.4, 0.5) is 5.82 Å². The van der Waals surface area contributed by atoms with E-state index in [1.165, 1.54) is 0 Å². The van der Waals surface area contributed by atoms with E-state index < -0.39 is 5.60 Å². The third kappa shape index (κ3) is 9.11. The third-order valence-electron chi connectivity index (χ3n) is 7.60. The topological polar surface area (TPSA) is 120 Å². The molecule has 3 N–H and O–H groups in total. The zero-order chi connectivity index (χ0) is 28.8. The maximum atomic E-state index is 14.1. The Kier molecular flexibility index (Phi) is 12.3. The Bertz CT molecular complexity index is 967. The number of methoxy groups -OCH3 is 1. The van der Waals surface area contributed by atoms with Gasteiger partial charge in [-0.05, 0) is 38.5 Å². The number of anilines is 1. The fraction of sp³-hybridized carbons (Fsp3) is 0.800. The molecule has 0 unspecified atom stereocenters. The van der Waals surface area contributed by atoms with E-state index in [1.807, 2.05) is 16.7 Å². The molecule has 1 aromatic heterocycles. The highest BCUT2D eigenvalue weighted by Crippen LogP contribution is 2.27. The summed E-state index contributed by atoms with van der Waals surface area (Å²) in [4.78, 5) is 40.7. The van der Waals surface area contributed by atoms with Gasteiger partial charge in [0.25, 0.3) is 5.91 Å². The number of ether oxygens (including phenoxy) is 1. The van der Waals surface area contributed by atoms with Gasteiger partial charge in [0, 0.05) is 70.6 Å². The maximum absolute atomic E-state index is 14.1. The number of hydrogen-bond acceptors (Lipinski definition) is 8. The Morgan fingerprint density at radius 3 is 2.55 bits per heavy atom. The number of amides is 2. The molecule has 0 radical (unpaired) electrons. The number of nitrogens with one attached hydrogen (secondary N) is 2. The summed E-state index contributed by atoms with van der Waals surface area (Å²) in [5.74, 6) is 1.25. The van der Waals surface area contributed by atoms with E-state index >= 15 is 0 Å². The molecule has 2 fully saturated rings. The van der Waals surface area contributed by atoms with Crippen LogP contribution in [0.5, 0.6) is 0 Å². The van der Waals surface area contributed by atoms with E-state index in [0.717, 1.165) is 6.42 Å². The van der Waals surface area contributed by atoms with Crippen LogP contribution in [0, 0.1) is 11.8 Å². The lowest BCUT2D eigenvalue weighted by Crippen LogP contribution is -2.56. The van der Waals surface area contributed by atoms with E-state index in [0.29, 0.717) is 82.3 Å². The van der Waals surface area contributed by atoms with Crippen molar-refractivity contribution in [1.29, 1.82) is 0 Å². The highest BCUT2D eigenvalue weighted by Gasteiger charge is 2.38. The number of piperidine rings is 2. The summed E-state index contributed by atoms with van der Waals surface area (Å²) < 4.78 is 5.18. The normalized spacial score (nSPS) is 21.1. The first-order valence-corrected chi connectivity index (χ1v) is 14.5. The molecule has 0 saturated carbocycles. The average Bonchev–Trinajstić information content (AvgIpc) is 2.88. The molecule has 1 aromatic rings. The summed E-state index contributed by atoms with van der Waals surface area (Å²) in [6.07, 6.45) is 4.22. The number of aliphatic hydroxyl groups is 1. The fourth-order valence-electron chi connectivity index (χ4n) is 5.22. The van der Waals surface area contributed by atoms with E-state index in [9.17, 15) is 14.7 Å². The molecule has 2 aliphatic rings. The smallest absolute Gasteiger partial charge is 0.259 e. The first-order valence-electron chi connectivity index (χ1n) is 14.5. The van der Waals surface area contributed by atoms with Gasteiger partial charge >= 0.3 is 0 Å². The van der Waals surface area contributed by atoms with Gasteiger partial charge in [-0.15, -0.1) is 0 Å². The predicted molar refractivity (Wildman–Crippen MR) is 160 cm³/mol. The molecular weight excluding hydrogens is 508 g/mol. The fourth-order valence-corrected chi connectivity index (χ4v) is 5.22. The van der Waals surface area contributed by atoms with Gasteiger partial charge in [-0.25, -0.2) is 9.97 Å². The Balaban J connectivity index is 0.00000560. The Labute approximate surface area is 241 Å². The Morgan fingerprint density at radius 2 is 1.95 bits per heavy atom. The third-order valence-corrected chi connectivity index (χ3v) is 7.60. The van der Waals surface area contributed by atoms with Gasteiger partial charge in [0.15, 0.2) is 0 Å². The Hall–Kier alpha value is -2.30. The van der Waals surface area contributed by atoms with Crippen LogP contribution in [-0.2, 0) is 14.9 Å². The van der Waals surface area contributed by atoms with Crippen LogP contribution in [-0.4, -0.2) is 101 Å². The first-order chi connectivity index (χ1) is 18.3. The summed E-state index contributed by atoms with van der Waals surface area (Å²) in [6, 6.07) is -0.126. The van der Waals surface area contributed by atoms with Crippen molar-refractivity contribution in [3.63, 3.8) is 0 Å². The van der Waals surface area contributed by atoms with Gasteiger partial charge < -0.3 is 30.3 Å². The first kappa shape index (κ1) is 33.9. The second-order valence-corrected chi connectivity index (χ2v) is 12.9. The van der Waals surface area contributed by atoms with Crippen molar-refractivity contribution in [1.82, 2.24) is 25.1 Å². The largest absolute Gasteiger partial charge is 0.390 e. The van der Waals surface area contributed by atoms with E-state index in [2.05, 4.69) is 50.2 Å². The van der Waals surface area contributed by atoms with Crippen molar-refractivity contribution in [2.75, 3.05) is 58.3 Å². The van der Waals surface area contributed by atoms with Crippen molar-refractivity contribution in [2.24, 2.45) is 11.8 Å². The standard InChI is InChI=1S/C29H50N6O4.CH4/c1-20(2)19-35(22-15-21(16-30-17-22)25(36)34-12-9-29(6,38)10-13-34)26(37)23-18-32-27(28(3,4)5)33-24(23)31-11-8-14-39-7;/h18,20-22,30,38H,8-17,19H2,1-7H3,(H,31,32,33);1H4/t21-,22+;/m1./s1. The minimum absolute atomic E-state index is 0. The van der Waals surface area contributed by atoms with E-state index in [4.69, 9.17) is 9.72 Å². The lowest BCUT2D eigenvalue weighted by atomic mass is 9.89. The van der Waals surface area contributed by atoms with Crippen molar-refractivity contribution in [3.05, 3.63) is 17.6 Å². The Morgan fingerprint density at radius 1 is 1.27 bits per heavy atom. The number of nitrogens with zero attached hydrogens (tertiary/aromatic N) is 4. The number of aromatic nitrogens is 2. The molecule has 2 saturated heterocycles. The number of carbonyl (C=O) groups is 2. The number of rotatable bonds is 10. The molecule has 3 heterocycles. The zero-order valence-electron chi connectivity index (χ0n) is 25.0. The molecule has 3 rings (SSSR count). The molecule has 10 nitrogen and oxygen atoms in total. The van der Waals surface area contributed by atoms with Crippen LogP contribution in [0.1, 0.15) is 90.8 Å². The summed E-state index contributed by atoms with van der Waals surface area (Å²) >= 11 is 0. The monoisotopic (exact) mass is 562 g/mol. The second-order valence-electron chi connectivity index (χ2n) is 12.9. The highest BCUT2D eigenvalue weighted by atomic mass is 16.5. The molecular formula is C30H54N6O4. The van der Waals surface area contributed by atoms with Gasteiger partial charge in [-0.3, -0.25) is 9.59 Å². The van der Waals surface area contributed by atoms with Crippen LogP contribution < -0.4 is 10.6 Å². The average molecular weight is 563 g/mol. The van der Waals surface area contributed by atoms with Crippen molar-refractivity contribution >= 4 is 17.6 Å². The quantitative estimate of drug-likeness (QED) is 0.372. The van der Waals surface area contributed by atoms with Crippen LogP contribution in [0.3, 0.4) is 0 Å². The minimum Gasteiger partial charge on any atom is -0.390 e. The van der Waals surface area contributed by atoms with Gasteiger partial charge in [0.1, 0.15) is 17.2 Å². The molecule has 0 aliphatic carbocycles. The van der Waals surface area contributed by atoms with Crippen LogP contribution in [0.2, 0.25) is 0 Å². The van der Waals surface area contributed by atoms with Crippen molar-refractivity contribution in [2.45, 2.75) is 91.7 Å². The van der Waals surface area contributed by atoms with Gasteiger partial charge in [-0.2, -0.15) is 0 Å².